The molecule has 1 aromatic rings. The summed E-state index contributed by atoms with van der Waals surface area (Å²) in [5.74, 6) is 0. The second kappa shape index (κ2) is 7.45. The lowest BCUT2D eigenvalue weighted by Gasteiger charge is -2.18. The number of nitrogens with zero attached hydrogens (tertiary/aromatic N) is 1. The summed E-state index contributed by atoms with van der Waals surface area (Å²) in [7, 11) is 2.25. The van der Waals surface area contributed by atoms with Crippen LogP contribution in [0.3, 0.4) is 0 Å². The highest BCUT2D eigenvalue weighted by atomic mass is 15.1. The maximum absolute atomic E-state index is 2.50. The van der Waals surface area contributed by atoms with Crippen LogP contribution in [0.4, 0.5) is 0 Å². The Labute approximate surface area is 100 Å². The number of hydrogen-bond acceptors (Lipinski definition) is 1. The van der Waals surface area contributed by atoms with E-state index in [4.69, 9.17) is 0 Å². The fourth-order valence-corrected chi connectivity index (χ4v) is 2.32. The van der Waals surface area contributed by atoms with E-state index in [9.17, 15) is 0 Å². The molecule has 1 aliphatic heterocycles. The second-order valence-electron chi connectivity index (χ2n) is 4.30. The van der Waals surface area contributed by atoms with Crippen molar-refractivity contribution in [2.75, 3.05) is 13.6 Å². The van der Waals surface area contributed by atoms with Gasteiger partial charge in [0.05, 0.1) is 0 Å². The van der Waals surface area contributed by atoms with Crippen LogP contribution in [0.2, 0.25) is 0 Å². The van der Waals surface area contributed by atoms with E-state index < -0.39 is 0 Å². The van der Waals surface area contributed by atoms with Crippen LogP contribution in [0.25, 0.3) is 0 Å². The third-order valence-corrected chi connectivity index (χ3v) is 3.28. The van der Waals surface area contributed by atoms with E-state index >= 15 is 0 Å². The number of hydrogen-bond donors (Lipinski definition) is 0. The predicted octanol–water partition coefficient (Wildman–Crippen LogP) is 3.74. The summed E-state index contributed by atoms with van der Waals surface area (Å²) in [6.45, 7) is 5.29. The molecule has 1 fully saturated rings. The standard InChI is InChI=1S/C13H19N.C2H6/c1-14-11-5-8-13(14)10-9-12-6-3-2-4-7-12;1-2/h2-4,6-7,13H,5,8-11H2,1H3;1-2H3. The molecule has 0 amide bonds. The first-order valence-corrected chi connectivity index (χ1v) is 6.60. The molecule has 0 radical (unpaired) electrons. The fourth-order valence-electron chi connectivity index (χ4n) is 2.32. The third kappa shape index (κ3) is 3.97. The van der Waals surface area contributed by atoms with E-state index in [1.54, 1.807) is 0 Å². The zero-order valence-electron chi connectivity index (χ0n) is 10.9. The Morgan fingerprint density at radius 3 is 2.44 bits per heavy atom. The highest BCUT2D eigenvalue weighted by Gasteiger charge is 2.19. The van der Waals surface area contributed by atoms with Crippen molar-refractivity contribution < 1.29 is 0 Å². The minimum absolute atomic E-state index is 0.829. The Morgan fingerprint density at radius 1 is 1.19 bits per heavy atom. The van der Waals surface area contributed by atoms with Crippen molar-refractivity contribution in [2.24, 2.45) is 0 Å². The van der Waals surface area contributed by atoms with Crippen LogP contribution in [-0.4, -0.2) is 24.5 Å². The Balaban J connectivity index is 0.000000606. The highest BCUT2D eigenvalue weighted by molar-refractivity contribution is 5.14. The molecule has 1 heterocycles. The molecule has 0 aromatic heterocycles. The maximum atomic E-state index is 2.50. The van der Waals surface area contributed by atoms with Crippen molar-refractivity contribution in [1.82, 2.24) is 4.90 Å². The smallest absolute Gasteiger partial charge is 0.00958 e. The van der Waals surface area contributed by atoms with Gasteiger partial charge in [0.2, 0.25) is 0 Å². The van der Waals surface area contributed by atoms with Crippen LogP contribution in [0.1, 0.15) is 38.7 Å². The SMILES string of the molecule is CC.CN1CCCC1CCc1ccccc1. The molecule has 0 bridgehead atoms. The molecule has 16 heavy (non-hydrogen) atoms. The molecule has 90 valence electrons. The Bertz CT molecular complexity index is 268. The topological polar surface area (TPSA) is 3.24 Å². The monoisotopic (exact) mass is 219 g/mol. The molecule has 0 saturated carbocycles. The first-order chi connectivity index (χ1) is 7.86. The molecule has 1 atom stereocenters. The largest absolute Gasteiger partial charge is 0.303 e. The van der Waals surface area contributed by atoms with Gasteiger partial charge in [0.25, 0.3) is 0 Å². The summed E-state index contributed by atoms with van der Waals surface area (Å²) >= 11 is 0. The first-order valence-electron chi connectivity index (χ1n) is 6.60. The average molecular weight is 219 g/mol. The van der Waals surface area contributed by atoms with Gasteiger partial charge in [-0.15, -0.1) is 0 Å². The Hall–Kier alpha value is -0.820. The quantitative estimate of drug-likeness (QED) is 0.748. The normalized spacial score (nSPS) is 20.3. The van der Waals surface area contributed by atoms with Crippen molar-refractivity contribution in [3.63, 3.8) is 0 Å². The summed E-state index contributed by atoms with van der Waals surface area (Å²) in [5.41, 5.74) is 1.48. The zero-order valence-corrected chi connectivity index (χ0v) is 10.9. The van der Waals surface area contributed by atoms with Gasteiger partial charge in [-0.1, -0.05) is 44.2 Å². The summed E-state index contributed by atoms with van der Waals surface area (Å²) in [6.07, 6.45) is 5.33. The Morgan fingerprint density at radius 2 is 1.88 bits per heavy atom. The molecule has 1 unspecified atom stereocenters. The highest BCUT2D eigenvalue weighted by Crippen LogP contribution is 2.19. The van der Waals surface area contributed by atoms with Crippen LogP contribution in [0.15, 0.2) is 30.3 Å². The van der Waals surface area contributed by atoms with Gasteiger partial charge >= 0.3 is 0 Å². The number of aryl methyl sites for hydroxylation is 1. The van der Waals surface area contributed by atoms with Crippen molar-refractivity contribution in [3.8, 4) is 0 Å². The number of benzene rings is 1. The molecule has 0 spiro atoms. The van der Waals surface area contributed by atoms with Crippen LogP contribution in [-0.2, 0) is 6.42 Å². The van der Waals surface area contributed by atoms with Gasteiger partial charge in [0.1, 0.15) is 0 Å². The van der Waals surface area contributed by atoms with Crippen LogP contribution >= 0.6 is 0 Å². The second-order valence-corrected chi connectivity index (χ2v) is 4.30. The van der Waals surface area contributed by atoms with Crippen molar-refractivity contribution in [1.29, 1.82) is 0 Å². The molecular weight excluding hydrogens is 194 g/mol. The van der Waals surface area contributed by atoms with E-state index in [2.05, 4.69) is 42.3 Å². The van der Waals surface area contributed by atoms with E-state index in [1.807, 2.05) is 13.8 Å². The summed E-state index contributed by atoms with van der Waals surface area (Å²) in [4.78, 5) is 2.50. The van der Waals surface area contributed by atoms with Crippen molar-refractivity contribution >= 4 is 0 Å². The molecule has 1 nitrogen and oxygen atoms in total. The lowest BCUT2D eigenvalue weighted by Crippen LogP contribution is -2.25. The van der Waals surface area contributed by atoms with Gasteiger partial charge in [-0.2, -0.15) is 0 Å². The van der Waals surface area contributed by atoms with Gasteiger partial charge in [-0.05, 0) is 44.8 Å². The van der Waals surface area contributed by atoms with Crippen LogP contribution < -0.4 is 0 Å². The van der Waals surface area contributed by atoms with Crippen molar-refractivity contribution in [3.05, 3.63) is 35.9 Å². The third-order valence-electron chi connectivity index (χ3n) is 3.28. The van der Waals surface area contributed by atoms with Gasteiger partial charge in [0.15, 0.2) is 0 Å². The summed E-state index contributed by atoms with van der Waals surface area (Å²) in [5, 5.41) is 0. The Kier molecular flexibility index (Phi) is 6.17. The van der Waals surface area contributed by atoms with E-state index in [0.717, 1.165) is 6.04 Å². The lowest BCUT2D eigenvalue weighted by atomic mass is 10.0. The minimum atomic E-state index is 0.829. The van der Waals surface area contributed by atoms with E-state index in [1.165, 1.54) is 37.8 Å². The number of rotatable bonds is 3. The van der Waals surface area contributed by atoms with Gasteiger partial charge in [0, 0.05) is 6.04 Å². The van der Waals surface area contributed by atoms with Gasteiger partial charge in [-0.25, -0.2) is 0 Å². The lowest BCUT2D eigenvalue weighted by molar-refractivity contribution is 0.296. The molecule has 2 rings (SSSR count). The summed E-state index contributed by atoms with van der Waals surface area (Å²) < 4.78 is 0. The van der Waals surface area contributed by atoms with Gasteiger partial charge in [-0.3, -0.25) is 0 Å². The predicted molar refractivity (Wildman–Crippen MR) is 71.8 cm³/mol. The molecule has 0 N–H and O–H groups in total. The zero-order chi connectivity index (χ0) is 11.8. The minimum Gasteiger partial charge on any atom is -0.303 e. The molecule has 1 aromatic carbocycles. The van der Waals surface area contributed by atoms with E-state index in [0.29, 0.717) is 0 Å². The van der Waals surface area contributed by atoms with E-state index in [-0.39, 0.29) is 0 Å². The number of likely N-dealkylation sites (tertiary alicyclic amines) is 1. The fraction of sp³-hybridized carbons (Fsp3) is 0.600. The average Bonchev–Trinajstić information content (AvgIpc) is 2.76. The molecular formula is C15H25N. The van der Waals surface area contributed by atoms with Crippen molar-refractivity contribution in [2.45, 2.75) is 45.6 Å². The summed E-state index contributed by atoms with van der Waals surface area (Å²) in [6, 6.07) is 11.6. The van der Waals surface area contributed by atoms with Crippen LogP contribution in [0, 0.1) is 0 Å². The molecule has 1 saturated heterocycles. The first kappa shape index (κ1) is 13.2. The molecule has 1 aliphatic rings. The molecule has 1 heteroatoms. The maximum Gasteiger partial charge on any atom is 0.00958 e. The molecule has 0 aliphatic carbocycles. The van der Waals surface area contributed by atoms with Crippen LogP contribution in [0.5, 0.6) is 0 Å². The van der Waals surface area contributed by atoms with Gasteiger partial charge < -0.3 is 4.90 Å².